The van der Waals surface area contributed by atoms with Crippen molar-refractivity contribution in [3.8, 4) is 28.8 Å². The van der Waals surface area contributed by atoms with Gasteiger partial charge in [-0.15, -0.1) is 0 Å². The average Bonchev–Trinajstić information content (AvgIpc) is 2.59. The highest BCUT2D eigenvalue weighted by Crippen LogP contribution is 2.42. The number of rotatable bonds is 1. The number of halogens is 3. The highest BCUT2D eigenvalue weighted by Gasteiger charge is 2.27. The highest BCUT2D eigenvalue weighted by atomic mass is 35.5. The fourth-order valence-corrected chi connectivity index (χ4v) is 2.11. The molecule has 7 heteroatoms. The Hall–Kier alpha value is -2.26. The zero-order chi connectivity index (χ0) is 13.6. The number of fused-ring (bicyclic) bond motifs is 4. The van der Waals surface area contributed by atoms with E-state index in [9.17, 15) is 8.78 Å². The van der Waals surface area contributed by atoms with Gasteiger partial charge in [0.25, 0.3) is 0 Å². The van der Waals surface area contributed by atoms with Gasteiger partial charge in [0.2, 0.25) is 18.4 Å². The number of aromatic nitrogens is 1. The van der Waals surface area contributed by atoms with Crippen LogP contribution in [0.3, 0.4) is 0 Å². The minimum atomic E-state index is -1.14. The van der Waals surface area contributed by atoms with Gasteiger partial charge in [-0.1, -0.05) is 11.6 Å². The van der Waals surface area contributed by atoms with Gasteiger partial charge in [0, 0.05) is 11.8 Å². The Morgan fingerprint density at radius 1 is 1.32 bits per heavy atom. The summed E-state index contributed by atoms with van der Waals surface area (Å²) >= 11 is 5.99. The molecular formula is C12H5ClF2N2O2. The molecule has 0 unspecified atom stereocenters. The Balaban J connectivity index is 2.28. The second-order valence-electron chi connectivity index (χ2n) is 3.79. The number of benzene rings is 1. The van der Waals surface area contributed by atoms with Crippen LogP contribution in [0.2, 0.25) is 5.02 Å². The third-order valence-electron chi connectivity index (χ3n) is 2.75. The molecule has 19 heavy (non-hydrogen) atoms. The smallest absolute Gasteiger partial charge is 0.231 e. The topological polar surface area (TPSA) is 58.0 Å². The van der Waals surface area contributed by atoms with Gasteiger partial charge >= 0.3 is 0 Å². The molecule has 4 nitrogen and oxygen atoms in total. The van der Waals surface area contributed by atoms with Crippen LogP contribution in [0.1, 0.15) is 5.56 Å². The molecular weight excluding hydrogens is 278 g/mol. The Morgan fingerprint density at radius 2 is 2.11 bits per heavy atom. The third-order valence-corrected chi connectivity index (χ3v) is 3.15. The van der Waals surface area contributed by atoms with E-state index in [2.05, 4.69) is 4.98 Å². The summed E-state index contributed by atoms with van der Waals surface area (Å²) in [7, 11) is 0. The van der Waals surface area contributed by atoms with Crippen LogP contribution in [0.4, 0.5) is 8.78 Å². The van der Waals surface area contributed by atoms with E-state index in [1.54, 1.807) is 0 Å². The number of hydrogen-bond donors (Lipinski definition) is 1. The largest absolute Gasteiger partial charge is 0.454 e. The summed E-state index contributed by atoms with van der Waals surface area (Å²) in [6.45, 7) is -0.297. The second-order valence-corrected chi connectivity index (χ2v) is 4.17. The van der Waals surface area contributed by atoms with Crippen molar-refractivity contribution in [2.45, 2.75) is 0 Å². The van der Waals surface area contributed by atoms with E-state index in [0.717, 1.165) is 0 Å². The van der Waals surface area contributed by atoms with E-state index in [-0.39, 0.29) is 40.1 Å². The van der Waals surface area contributed by atoms with Crippen molar-refractivity contribution >= 4 is 11.6 Å². The lowest BCUT2D eigenvalue weighted by molar-refractivity contribution is 0.123. The van der Waals surface area contributed by atoms with E-state index in [1.807, 2.05) is 6.07 Å². The number of aromatic amines is 1. The molecule has 0 saturated carbocycles. The van der Waals surface area contributed by atoms with Crippen molar-refractivity contribution < 1.29 is 18.3 Å². The molecule has 3 heterocycles. The molecule has 2 aliphatic heterocycles. The van der Waals surface area contributed by atoms with Gasteiger partial charge in [-0.05, 0) is 6.07 Å². The minimum absolute atomic E-state index is 0.117. The van der Waals surface area contributed by atoms with Gasteiger partial charge < -0.3 is 14.5 Å². The van der Waals surface area contributed by atoms with E-state index in [1.165, 1.54) is 12.3 Å². The molecule has 0 saturated heterocycles. The third kappa shape index (κ3) is 1.63. The van der Waals surface area contributed by atoms with Crippen molar-refractivity contribution in [3.63, 3.8) is 0 Å². The molecule has 2 bridgehead atoms. The Morgan fingerprint density at radius 3 is 2.79 bits per heavy atom. The summed E-state index contributed by atoms with van der Waals surface area (Å²) in [5.41, 5.74) is 0.686. The fraction of sp³-hybridized carbons (Fsp3) is 0.0833. The first-order chi connectivity index (χ1) is 9.13. The predicted molar refractivity (Wildman–Crippen MR) is 62.0 cm³/mol. The molecule has 1 N–H and O–H groups in total. The number of nitrogens with one attached hydrogen (secondary N) is 1. The van der Waals surface area contributed by atoms with Crippen molar-refractivity contribution in [2.75, 3.05) is 6.79 Å². The normalized spacial score (nSPS) is 12.5. The molecule has 2 aliphatic rings. The van der Waals surface area contributed by atoms with Gasteiger partial charge in [-0.25, -0.2) is 0 Å². The van der Waals surface area contributed by atoms with Gasteiger partial charge in [-0.3, -0.25) is 0 Å². The summed E-state index contributed by atoms with van der Waals surface area (Å²) < 4.78 is 37.2. The summed E-state index contributed by atoms with van der Waals surface area (Å²) in [4.78, 5) is 2.74. The molecule has 2 aromatic rings. The molecule has 0 amide bonds. The van der Waals surface area contributed by atoms with Crippen LogP contribution in [0, 0.1) is 23.0 Å². The lowest BCUT2D eigenvalue weighted by atomic mass is 10.1. The minimum Gasteiger partial charge on any atom is -0.454 e. The van der Waals surface area contributed by atoms with Crippen LogP contribution in [0.15, 0.2) is 12.3 Å². The lowest BCUT2D eigenvalue weighted by Crippen LogP contribution is -2.02. The standard InChI is InChI=1S/C12H5ClF2N2O2/c13-8-5(2-16)3-17-11(8)6-1-7-9(14)10(15)12(6)19-4-18-7/h1,3,17H,4H2. The van der Waals surface area contributed by atoms with Crippen LogP contribution in [0.5, 0.6) is 11.5 Å². The van der Waals surface area contributed by atoms with Crippen LogP contribution in [-0.2, 0) is 0 Å². The van der Waals surface area contributed by atoms with Crippen LogP contribution >= 0.6 is 11.6 Å². The van der Waals surface area contributed by atoms with Crippen LogP contribution < -0.4 is 9.47 Å². The van der Waals surface area contributed by atoms with Gasteiger partial charge in [0.15, 0.2) is 11.5 Å². The van der Waals surface area contributed by atoms with Crippen molar-refractivity contribution in [1.82, 2.24) is 4.98 Å². The van der Waals surface area contributed by atoms with E-state index in [4.69, 9.17) is 26.3 Å². The summed E-state index contributed by atoms with van der Waals surface area (Å²) in [6, 6.07) is 3.15. The molecule has 0 fully saturated rings. The van der Waals surface area contributed by atoms with E-state index >= 15 is 0 Å². The van der Waals surface area contributed by atoms with Gasteiger partial charge in [0.05, 0.1) is 16.3 Å². The van der Waals surface area contributed by atoms with E-state index < -0.39 is 11.6 Å². The first kappa shape index (κ1) is 11.8. The first-order valence-electron chi connectivity index (χ1n) is 5.18. The van der Waals surface area contributed by atoms with Gasteiger partial charge in [-0.2, -0.15) is 14.0 Å². The molecule has 4 rings (SSSR count). The molecule has 0 aliphatic carbocycles. The molecule has 0 radical (unpaired) electrons. The van der Waals surface area contributed by atoms with Crippen LogP contribution in [-0.4, -0.2) is 11.8 Å². The van der Waals surface area contributed by atoms with E-state index in [0.29, 0.717) is 0 Å². The number of nitrogens with zero attached hydrogens (tertiary/aromatic N) is 1. The first-order valence-corrected chi connectivity index (χ1v) is 5.56. The van der Waals surface area contributed by atoms with Crippen LogP contribution in [0.25, 0.3) is 11.3 Å². The Labute approximate surface area is 111 Å². The van der Waals surface area contributed by atoms with Gasteiger partial charge in [0.1, 0.15) is 6.07 Å². The molecule has 1 aromatic carbocycles. The van der Waals surface area contributed by atoms with Crippen molar-refractivity contribution in [2.24, 2.45) is 0 Å². The maximum atomic E-state index is 13.8. The maximum Gasteiger partial charge on any atom is 0.231 e. The molecule has 1 aromatic heterocycles. The lowest BCUT2D eigenvalue weighted by Gasteiger charge is -2.07. The zero-order valence-electron chi connectivity index (χ0n) is 9.26. The summed E-state index contributed by atoms with van der Waals surface area (Å²) in [5, 5.41) is 8.94. The Bertz CT molecular complexity index is 721. The monoisotopic (exact) mass is 282 g/mol. The van der Waals surface area contributed by atoms with Crippen molar-refractivity contribution in [1.29, 1.82) is 5.26 Å². The summed E-state index contributed by atoms with van der Waals surface area (Å²) in [5.74, 6) is -2.82. The molecule has 96 valence electrons. The Kier molecular flexibility index (Phi) is 2.57. The second kappa shape index (κ2) is 4.14. The number of nitriles is 1. The molecule has 0 spiro atoms. The predicted octanol–water partition coefficient (Wildman–Crippen LogP) is 3.21. The number of hydrogen-bond acceptors (Lipinski definition) is 3. The number of ether oxygens (including phenoxy) is 2. The highest BCUT2D eigenvalue weighted by molar-refractivity contribution is 6.34. The average molecular weight is 283 g/mol. The number of H-pyrrole nitrogens is 1. The fourth-order valence-electron chi connectivity index (χ4n) is 1.85. The SMILES string of the molecule is N#Cc1c[nH]c(-c2cc3c(F)c(F)c2OCO3)c1Cl. The quantitative estimate of drug-likeness (QED) is 0.874. The summed E-state index contributed by atoms with van der Waals surface area (Å²) in [6.07, 6.45) is 1.38. The zero-order valence-corrected chi connectivity index (χ0v) is 10.0. The maximum absolute atomic E-state index is 13.8. The van der Waals surface area contributed by atoms with Crippen molar-refractivity contribution in [3.05, 3.63) is 34.5 Å². The molecule has 0 atom stereocenters.